The summed E-state index contributed by atoms with van der Waals surface area (Å²) in [6, 6.07) is 13.0. The van der Waals surface area contributed by atoms with Gasteiger partial charge in [-0.05, 0) is 55.8 Å². The number of ether oxygens (including phenoxy) is 3. The van der Waals surface area contributed by atoms with Crippen LogP contribution in [0.2, 0.25) is 0 Å². The van der Waals surface area contributed by atoms with Crippen molar-refractivity contribution in [2.24, 2.45) is 0 Å². The van der Waals surface area contributed by atoms with E-state index in [2.05, 4.69) is 5.32 Å². The smallest absolute Gasteiger partial charge is 0.350 e. The number of amides is 2. The lowest BCUT2D eigenvalue weighted by atomic mass is 9.96. The fourth-order valence-electron chi connectivity index (χ4n) is 3.53. The molecular formula is C24H29FN2O5. The van der Waals surface area contributed by atoms with Crippen LogP contribution in [0.5, 0.6) is 11.5 Å². The van der Waals surface area contributed by atoms with Crippen LogP contribution < -0.4 is 14.8 Å². The summed E-state index contributed by atoms with van der Waals surface area (Å²) in [5.41, 5.74) is -0.414. The number of urea groups is 1. The molecule has 2 unspecified atom stereocenters. The Morgan fingerprint density at radius 2 is 1.81 bits per heavy atom. The first-order chi connectivity index (χ1) is 15.3. The summed E-state index contributed by atoms with van der Waals surface area (Å²) in [6.07, 6.45) is 0.994. The van der Waals surface area contributed by atoms with Crippen molar-refractivity contribution in [3.63, 3.8) is 0 Å². The van der Waals surface area contributed by atoms with Gasteiger partial charge in [0.2, 0.25) is 5.60 Å². The molecule has 0 bridgehead atoms. The fraction of sp³-hybridized carbons (Fsp3) is 0.417. The normalized spacial score (nSPS) is 17.4. The molecule has 1 heterocycles. The number of benzene rings is 2. The van der Waals surface area contributed by atoms with Crippen molar-refractivity contribution in [3.05, 3.63) is 59.9 Å². The molecule has 0 radical (unpaired) electrons. The number of rotatable bonds is 10. The highest BCUT2D eigenvalue weighted by Gasteiger charge is 2.37. The van der Waals surface area contributed by atoms with Gasteiger partial charge >= 0.3 is 12.0 Å². The van der Waals surface area contributed by atoms with Crippen LogP contribution in [0.3, 0.4) is 0 Å². The molecule has 1 N–H and O–H groups in total. The largest absolute Gasteiger partial charge is 0.494 e. The number of hydrogen-bond acceptors (Lipinski definition) is 5. The molecule has 1 saturated heterocycles. The van der Waals surface area contributed by atoms with Crippen LogP contribution >= 0.6 is 0 Å². The van der Waals surface area contributed by atoms with E-state index >= 15 is 0 Å². The maximum atomic E-state index is 13.2. The number of halogens is 1. The number of nitrogens with one attached hydrogen (secondary N) is 1. The Morgan fingerprint density at radius 3 is 2.41 bits per heavy atom. The minimum Gasteiger partial charge on any atom is -0.494 e. The summed E-state index contributed by atoms with van der Waals surface area (Å²) in [7, 11) is 1.77. The van der Waals surface area contributed by atoms with Crippen LogP contribution in [0.4, 0.5) is 9.18 Å². The predicted octanol–water partition coefficient (Wildman–Crippen LogP) is 3.56. The highest BCUT2D eigenvalue weighted by molar-refractivity contribution is 5.80. The number of esters is 1. The van der Waals surface area contributed by atoms with E-state index in [0.29, 0.717) is 24.7 Å². The summed E-state index contributed by atoms with van der Waals surface area (Å²) in [5.74, 6) is 0.208. The third-order valence-electron chi connectivity index (χ3n) is 5.41. The quantitative estimate of drug-likeness (QED) is 0.567. The van der Waals surface area contributed by atoms with Crippen LogP contribution in [0.25, 0.3) is 0 Å². The van der Waals surface area contributed by atoms with Gasteiger partial charge in [-0.3, -0.25) is 0 Å². The zero-order valence-electron chi connectivity index (χ0n) is 18.6. The Labute approximate surface area is 187 Å². The second-order valence-corrected chi connectivity index (χ2v) is 7.92. The standard InChI is InChI=1S/C24H29FN2O5/c1-4-30-22(28)24(2,32-21-11-7-18(25)8-12-21)15-17-5-9-20(10-6-17)31-14-13-19-16-26-23(29)27(19)3/h5-12,19H,4,13-16H2,1-3H3,(H,26,29). The van der Waals surface area contributed by atoms with Gasteiger partial charge < -0.3 is 24.4 Å². The van der Waals surface area contributed by atoms with E-state index in [9.17, 15) is 14.0 Å². The van der Waals surface area contributed by atoms with Gasteiger partial charge in [0.05, 0.1) is 19.3 Å². The van der Waals surface area contributed by atoms with E-state index in [0.717, 1.165) is 12.0 Å². The first kappa shape index (κ1) is 23.4. The van der Waals surface area contributed by atoms with Crippen molar-refractivity contribution in [3.8, 4) is 11.5 Å². The molecular weight excluding hydrogens is 415 g/mol. The number of nitrogens with zero attached hydrogens (tertiary/aromatic N) is 1. The molecule has 8 heteroatoms. The van der Waals surface area contributed by atoms with Gasteiger partial charge in [-0.1, -0.05) is 12.1 Å². The molecule has 2 aromatic carbocycles. The first-order valence-corrected chi connectivity index (χ1v) is 10.6. The van der Waals surface area contributed by atoms with Crippen molar-refractivity contribution < 1.29 is 28.2 Å². The van der Waals surface area contributed by atoms with Gasteiger partial charge in [-0.15, -0.1) is 0 Å². The molecule has 1 aliphatic rings. The summed E-state index contributed by atoms with van der Waals surface area (Å²) in [5, 5.41) is 2.80. The Kier molecular flexibility index (Phi) is 7.56. The van der Waals surface area contributed by atoms with Gasteiger partial charge in [-0.2, -0.15) is 0 Å². The maximum absolute atomic E-state index is 13.2. The molecule has 172 valence electrons. The average Bonchev–Trinajstić information content (AvgIpc) is 3.09. The molecule has 3 rings (SSSR count). The highest BCUT2D eigenvalue weighted by Crippen LogP contribution is 2.25. The van der Waals surface area contributed by atoms with Gasteiger partial charge in [0, 0.05) is 26.4 Å². The van der Waals surface area contributed by atoms with Gasteiger partial charge in [0.15, 0.2) is 0 Å². The van der Waals surface area contributed by atoms with Gasteiger partial charge in [0.25, 0.3) is 0 Å². The average molecular weight is 445 g/mol. The number of carbonyl (C=O) groups is 2. The van der Waals surface area contributed by atoms with Crippen LogP contribution in [-0.2, 0) is 16.0 Å². The van der Waals surface area contributed by atoms with Gasteiger partial charge in [0.1, 0.15) is 17.3 Å². The van der Waals surface area contributed by atoms with E-state index < -0.39 is 11.6 Å². The minimum atomic E-state index is -1.27. The first-order valence-electron chi connectivity index (χ1n) is 10.6. The zero-order valence-corrected chi connectivity index (χ0v) is 18.6. The number of hydrogen-bond donors (Lipinski definition) is 1. The topological polar surface area (TPSA) is 77.1 Å². The summed E-state index contributed by atoms with van der Waals surface area (Å²) >= 11 is 0. The Morgan fingerprint density at radius 1 is 1.16 bits per heavy atom. The Hall–Kier alpha value is -3.29. The zero-order chi connectivity index (χ0) is 23.1. The molecule has 0 spiro atoms. The molecule has 0 aromatic heterocycles. The van der Waals surface area contributed by atoms with Crippen LogP contribution in [0.15, 0.2) is 48.5 Å². The van der Waals surface area contributed by atoms with Crippen molar-refractivity contribution in [1.29, 1.82) is 0 Å². The van der Waals surface area contributed by atoms with Crippen molar-refractivity contribution >= 4 is 12.0 Å². The molecule has 1 aliphatic heterocycles. The lowest BCUT2D eigenvalue weighted by Crippen LogP contribution is -2.45. The second kappa shape index (κ2) is 10.3. The lowest BCUT2D eigenvalue weighted by molar-refractivity contribution is -0.160. The van der Waals surface area contributed by atoms with Crippen LogP contribution in [0.1, 0.15) is 25.8 Å². The number of likely N-dealkylation sites (N-methyl/N-ethyl adjacent to an activating group) is 1. The van der Waals surface area contributed by atoms with Crippen molar-refractivity contribution in [1.82, 2.24) is 10.2 Å². The Balaban J connectivity index is 1.61. The minimum absolute atomic E-state index is 0.0631. The third kappa shape index (κ3) is 5.90. The SMILES string of the molecule is CCOC(=O)C(C)(Cc1ccc(OCCC2CNC(=O)N2C)cc1)Oc1ccc(F)cc1. The van der Waals surface area contributed by atoms with E-state index in [-0.39, 0.29) is 30.9 Å². The van der Waals surface area contributed by atoms with E-state index in [1.807, 2.05) is 24.3 Å². The monoisotopic (exact) mass is 444 g/mol. The maximum Gasteiger partial charge on any atom is 0.350 e. The van der Waals surface area contributed by atoms with Gasteiger partial charge in [-0.25, -0.2) is 14.0 Å². The molecule has 1 fully saturated rings. The van der Waals surface area contributed by atoms with E-state index in [1.165, 1.54) is 24.3 Å². The summed E-state index contributed by atoms with van der Waals surface area (Å²) < 4.78 is 30.2. The van der Waals surface area contributed by atoms with Crippen LogP contribution in [0, 0.1) is 5.82 Å². The summed E-state index contributed by atoms with van der Waals surface area (Å²) in [6.45, 7) is 4.73. The molecule has 7 nitrogen and oxygen atoms in total. The summed E-state index contributed by atoms with van der Waals surface area (Å²) in [4.78, 5) is 25.8. The lowest BCUT2D eigenvalue weighted by Gasteiger charge is -2.28. The van der Waals surface area contributed by atoms with Crippen molar-refractivity contribution in [2.75, 3.05) is 26.8 Å². The van der Waals surface area contributed by atoms with E-state index in [4.69, 9.17) is 14.2 Å². The molecule has 2 amide bonds. The van der Waals surface area contributed by atoms with E-state index in [1.54, 1.807) is 25.8 Å². The van der Waals surface area contributed by atoms with Crippen LogP contribution in [-0.4, -0.2) is 55.3 Å². The molecule has 2 atom stereocenters. The Bertz CT molecular complexity index is 919. The molecule has 0 saturated carbocycles. The predicted molar refractivity (Wildman–Crippen MR) is 117 cm³/mol. The third-order valence-corrected chi connectivity index (χ3v) is 5.41. The fourth-order valence-corrected chi connectivity index (χ4v) is 3.53. The number of carbonyl (C=O) groups excluding carboxylic acids is 2. The molecule has 2 aromatic rings. The second-order valence-electron chi connectivity index (χ2n) is 7.92. The molecule has 0 aliphatic carbocycles. The highest BCUT2D eigenvalue weighted by atomic mass is 19.1. The van der Waals surface area contributed by atoms with Crippen molar-refractivity contribution in [2.45, 2.75) is 38.3 Å². The molecule has 32 heavy (non-hydrogen) atoms.